The molecule has 0 N–H and O–H groups in total. The van der Waals surface area contributed by atoms with Gasteiger partial charge in [0.15, 0.2) is 0 Å². The molecule has 9 atom stereocenters. The molecule has 4 saturated carbocycles. The maximum atomic E-state index is 2.65. The molecule has 9 unspecified atom stereocenters. The summed E-state index contributed by atoms with van der Waals surface area (Å²) in [7, 11) is 0. The van der Waals surface area contributed by atoms with Gasteiger partial charge in [0, 0.05) is 0 Å². The van der Waals surface area contributed by atoms with Gasteiger partial charge in [-0.05, 0) is 72.0 Å². The van der Waals surface area contributed by atoms with Crippen molar-refractivity contribution < 1.29 is 0 Å². The first kappa shape index (κ1) is 11.8. The quantitative estimate of drug-likeness (QED) is 0.644. The molecule has 0 saturated heterocycles. The standard InChI is InChI=1S/C18H30/c1-5-13-10(2)6-7-14(13)15-9-12-8-11(3)16-17(15)18(12,16)4/h10-17H,5-9H2,1-4H3. The van der Waals surface area contributed by atoms with Crippen molar-refractivity contribution in [3.05, 3.63) is 0 Å². The normalized spacial score (nSPS) is 65.3. The van der Waals surface area contributed by atoms with Gasteiger partial charge in [-0.15, -0.1) is 0 Å². The lowest BCUT2D eigenvalue weighted by molar-refractivity contribution is 0.200. The van der Waals surface area contributed by atoms with Crippen molar-refractivity contribution in [2.75, 3.05) is 0 Å². The van der Waals surface area contributed by atoms with Crippen LogP contribution in [0.5, 0.6) is 0 Å². The second-order valence-electron chi connectivity index (χ2n) is 8.52. The summed E-state index contributed by atoms with van der Waals surface area (Å²) in [6.07, 6.45) is 7.69. The summed E-state index contributed by atoms with van der Waals surface area (Å²) in [5, 5.41) is 0. The number of rotatable bonds is 2. The van der Waals surface area contributed by atoms with Crippen molar-refractivity contribution in [1.29, 1.82) is 0 Å². The molecule has 0 heteroatoms. The molecule has 0 bridgehead atoms. The van der Waals surface area contributed by atoms with E-state index in [1.165, 1.54) is 12.8 Å². The molecule has 4 aliphatic carbocycles. The number of hydrogen-bond acceptors (Lipinski definition) is 0. The predicted molar refractivity (Wildman–Crippen MR) is 76.1 cm³/mol. The van der Waals surface area contributed by atoms with Crippen LogP contribution >= 0.6 is 0 Å². The molecule has 0 aliphatic heterocycles. The summed E-state index contributed by atoms with van der Waals surface area (Å²) in [6.45, 7) is 10.2. The molecular weight excluding hydrogens is 216 g/mol. The minimum atomic E-state index is 0.814. The van der Waals surface area contributed by atoms with Crippen LogP contribution in [0.2, 0.25) is 0 Å². The Labute approximate surface area is 113 Å². The number of fused-ring (bicyclic) bond motifs is 1. The summed E-state index contributed by atoms with van der Waals surface area (Å²) < 4.78 is 0. The minimum Gasteiger partial charge on any atom is -0.0651 e. The second kappa shape index (κ2) is 3.55. The maximum absolute atomic E-state index is 2.65. The van der Waals surface area contributed by atoms with Crippen LogP contribution in [0.1, 0.15) is 59.8 Å². The SMILES string of the molecule is CCC1C(C)CCC1C1CC2CC(C)C3C1C23C. The van der Waals surface area contributed by atoms with Crippen molar-refractivity contribution in [3.8, 4) is 0 Å². The van der Waals surface area contributed by atoms with Crippen molar-refractivity contribution >= 4 is 0 Å². The molecule has 0 amide bonds. The average molecular weight is 246 g/mol. The van der Waals surface area contributed by atoms with Crippen LogP contribution in [-0.2, 0) is 0 Å². The summed E-state index contributed by atoms with van der Waals surface area (Å²) in [4.78, 5) is 0. The Morgan fingerprint density at radius 1 is 0.944 bits per heavy atom. The Bertz CT molecular complexity index is 355. The van der Waals surface area contributed by atoms with E-state index in [4.69, 9.17) is 0 Å². The third-order valence-corrected chi connectivity index (χ3v) is 8.14. The van der Waals surface area contributed by atoms with Gasteiger partial charge in [0.25, 0.3) is 0 Å². The molecular formula is C18H30. The van der Waals surface area contributed by atoms with Crippen LogP contribution in [0.25, 0.3) is 0 Å². The summed E-state index contributed by atoms with van der Waals surface area (Å²) in [5.41, 5.74) is 0.814. The molecule has 18 heavy (non-hydrogen) atoms. The van der Waals surface area contributed by atoms with E-state index in [-0.39, 0.29) is 0 Å². The average Bonchev–Trinajstić information content (AvgIpc) is 2.57. The van der Waals surface area contributed by atoms with E-state index in [1.54, 1.807) is 19.3 Å². The predicted octanol–water partition coefficient (Wildman–Crippen LogP) is 4.99. The Kier molecular flexibility index (Phi) is 2.33. The first-order chi connectivity index (χ1) is 8.59. The van der Waals surface area contributed by atoms with E-state index >= 15 is 0 Å². The van der Waals surface area contributed by atoms with Gasteiger partial charge in [0.05, 0.1) is 0 Å². The Morgan fingerprint density at radius 2 is 1.72 bits per heavy atom. The maximum Gasteiger partial charge on any atom is -0.0230 e. The number of hydrogen-bond donors (Lipinski definition) is 0. The van der Waals surface area contributed by atoms with Gasteiger partial charge in [-0.1, -0.05) is 40.5 Å². The van der Waals surface area contributed by atoms with Crippen molar-refractivity contribution in [3.63, 3.8) is 0 Å². The van der Waals surface area contributed by atoms with E-state index in [0.29, 0.717) is 0 Å². The van der Waals surface area contributed by atoms with Crippen LogP contribution in [0.3, 0.4) is 0 Å². The van der Waals surface area contributed by atoms with Crippen LogP contribution in [0.15, 0.2) is 0 Å². The molecule has 0 aromatic carbocycles. The first-order valence-electron chi connectivity index (χ1n) is 8.59. The van der Waals surface area contributed by atoms with Gasteiger partial charge in [0.2, 0.25) is 0 Å². The van der Waals surface area contributed by atoms with Crippen LogP contribution in [0, 0.1) is 52.8 Å². The van der Waals surface area contributed by atoms with Crippen molar-refractivity contribution in [1.82, 2.24) is 0 Å². The lowest BCUT2D eigenvalue weighted by Gasteiger charge is -2.28. The molecule has 0 aromatic rings. The molecule has 4 fully saturated rings. The third-order valence-electron chi connectivity index (χ3n) is 8.14. The van der Waals surface area contributed by atoms with Crippen molar-refractivity contribution in [2.24, 2.45) is 52.8 Å². The molecule has 0 nitrogen and oxygen atoms in total. The fourth-order valence-corrected chi connectivity index (χ4v) is 7.50. The van der Waals surface area contributed by atoms with E-state index in [0.717, 1.165) is 52.8 Å². The summed E-state index contributed by atoms with van der Waals surface area (Å²) in [6, 6.07) is 0. The van der Waals surface area contributed by atoms with Gasteiger partial charge >= 0.3 is 0 Å². The summed E-state index contributed by atoms with van der Waals surface area (Å²) >= 11 is 0. The highest BCUT2D eigenvalue weighted by Crippen LogP contribution is 2.82. The highest BCUT2D eigenvalue weighted by molar-refractivity contribution is 5.24. The van der Waals surface area contributed by atoms with Crippen molar-refractivity contribution in [2.45, 2.75) is 59.8 Å². The van der Waals surface area contributed by atoms with Crippen LogP contribution < -0.4 is 0 Å². The van der Waals surface area contributed by atoms with Gasteiger partial charge in [0.1, 0.15) is 0 Å². The lowest BCUT2D eigenvalue weighted by Crippen LogP contribution is -2.22. The van der Waals surface area contributed by atoms with Gasteiger partial charge in [-0.25, -0.2) is 0 Å². The van der Waals surface area contributed by atoms with Gasteiger partial charge < -0.3 is 0 Å². The highest BCUT2D eigenvalue weighted by atomic mass is 14.8. The first-order valence-corrected chi connectivity index (χ1v) is 8.59. The second-order valence-corrected chi connectivity index (χ2v) is 8.52. The Morgan fingerprint density at radius 3 is 2.33 bits per heavy atom. The molecule has 0 heterocycles. The zero-order valence-corrected chi connectivity index (χ0v) is 12.7. The van der Waals surface area contributed by atoms with Gasteiger partial charge in [-0.3, -0.25) is 0 Å². The van der Waals surface area contributed by atoms with E-state index in [2.05, 4.69) is 27.7 Å². The lowest BCUT2D eigenvalue weighted by atomic mass is 9.76. The molecule has 0 aromatic heterocycles. The van der Waals surface area contributed by atoms with E-state index in [9.17, 15) is 0 Å². The van der Waals surface area contributed by atoms with Gasteiger partial charge in [-0.2, -0.15) is 0 Å². The Hall–Kier alpha value is 0. The highest BCUT2D eigenvalue weighted by Gasteiger charge is 2.77. The topological polar surface area (TPSA) is 0 Å². The monoisotopic (exact) mass is 246 g/mol. The van der Waals surface area contributed by atoms with E-state index in [1.807, 2.05) is 0 Å². The summed E-state index contributed by atoms with van der Waals surface area (Å²) in [5.74, 6) is 8.76. The minimum absolute atomic E-state index is 0.814. The zero-order chi connectivity index (χ0) is 12.7. The fourth-order valence-electron chi connectivity index (χ4n) is 7.50. The van der Waals surface area contributed by atoms with E-state index < -0.39 is 0 Å². The molecule has 0 spiro atoms. The third kappa shape index (κ3) is 1.19. The molecule has 0 radical (unpaired) electrons. The molecule has 4 aliphatic rings. The largest absolute Gasteiger partial charge is 0.0651 e. The zero-order valence-electron chi connectivity index (χ0n) is 12.7. The Balaban J connectivity index is 1.58. The molecule has 102 valence electrons. The smallest absolute Gasteiger partial charge is 0.0230 e. The van der Waals surface area contributed by atoms with Crippen LogP contribution in [0.4, 0.5) is 0 Å². The molecule has 4 rings (SSSR count). The fraction of sp³-hybridized carbons (Fsp3) is 1.00. The van der Waals surface area contributed by atoms with Crippen LogP contribution in [-0.4, -0.2) is 0 Å².